The van der Waals surface area contributed by atoms with Crippen molar-refractivity contribution in [3.05, 3.63) is 46.7 Å². The van der Waals surface area contributed by atoms with Crippen LogP contribution in [-0.4, -0.2) is 9.78 Å². The van der Waals surface area contributed by atoms with Gasteiger partial charge in [-0.25, -0.2) is 4.68 Å². The summed E-state index contributed by atoms with van der Waals surface area (Å²) in [7, 11) is 0. The molecule has 1 saturated carbocycles. The fourth-order valence-corrected chi connectivity index (χ4v) is 2.18. The predicted octanol–water partition coefficient (Wildman–Crippen LogP) is 2.86. The summed E-state index contributed by atoms with van der Waals surface area (Å²) in [6, 6.07) is 9.80. The number of nitrogens with zero attached hydrogens (tertiary/aromatic N) is 2. The lowest BCUT2D eigenvalue weighted by atomic mass is 10.2. The van der Waals surface area contributed by atoms with Gasteiger partial charge in [0.05, 0.1) is 17.1 Å². The number of aromatic nitrogens is 2. The van der Waals surface area contributed by atoms with E-state index in [0.29, 0.717) is 17.5 Å². The highest BCUT2D eigenvalue weighted by molar-refractivity contribution is 6.30. The Morgan fingerprint density at radius 3 is 2.82 bits per heavy atom. The minimum Gasteiger partial charge on any atom is -0.325 e. The van der Waals surface area contributed by atoms with Crippen molar-refractivity contribution in [1.82, 2.24) is 9.78 Å². The molecular formula is C13H14ClN3. The highest BCUT2D eigenvalue weighted by Gasteiger charge is 2.27. The van der Waals surface area contributed by atoms with Gasteiger partial charge in [-0.2, -0.15) is 5.10 Å². The molecule has 2 aromatic rings. The van der Waals surface area contributed by atoms with Gasteiger partial charge < -0.3 is 5.73 Å². The van der Waals surface area contributed by atoms with Crippen LogP contribution in [-0.2, 0) is 6.54 Å². The van der Waals surface area contributed by atoms with E-state index < -0.39 is 0 Å². The highest BCUT2D eigenvalue weighted by Crippen LogP contribution is 2.39. The van der Waals surface area contributed by atoms with Crippen LogP contribution in [0.1, 0.15) is 30.1 Å². The van der Waals surface area contributed by atoms with E-state index >= 15 is 0 Å². The smallest absolute Gasteiger partial charge is 0.0664 e. The summed E-state index contributed by atoms with van der Waals surface area (Å²) in [6.45, 7) is 0.492. The van der Waals surface area contributed by atoms with Gasteiger partial charge in [-0.3, -0.25) is 0 Å². The largest absolute Gasteiger partial charge is 0.325 e. The summed E-state index contributed by atoms with van der Waals surface area (Å²) >= 11 is 6.00. The molecule has 1 aromatic carbocycles. The number of benzene rings is 1. The van der Waals surface area contributed by atoms with E-state index in [1.165, 1.54) is 12.8 Å². The quantitative estimate of drug-likeness (QED) is 0.907. The molecule has 1 aliphatic rings. The minimum atomic E-state index is 0.492. The molecule has 17 heavy (non-hydrogen) atoms. The summed E-state index contributed by atoms with van der Waals surface area (Å²) in [4.78, 5) is 0. The van der Waals surface area contributed by atoms with E-state index in [9.17, 15) is 0 Å². The van der Waals surface area contributed by atoms with Crippen molar-refractivity contribution in [2.75, 3.05) is 0 Å². The zero-order valence-electron chi connectivity index (χ0n) is 9.44. The lowest BCUT2D eigenvalue weighted by molar-refractivity contribution is 0.784. The van der Waals surface area contributed by atoms with Crippen LogP contribution in [0.25, 0.3) is 5.69 Å². The van der Waals surface area contributed by atoms with E-state index in [2.05, 4.69) is 11.2 Å². The third kappa shape index (κ3) is 2.08. The topological polar surface area (TPSA) is 43.8 Å². The van der Waals surface area contributed by atoms with E-state index in [1.54, 1.807) is 0 Å². The number of hydrogen-bond acceptors (Lipinski definition) is 2. The lowest BCUT2D eigenvalue weighted by Crippen LogP contribution is -2.06. The van der Waals surface area contributed by atoms with Crippen molar-refractivity contribution >= 4 is 11.6 Å². The normalized spacial score (nSPS) is 15.2. The first kappa shape index (κ1) is 10.8. The van der Waals surface area contributed by atoms with Crippen LogP contribution in [0, 0.1) is 0 Å². The third-order valence-corrected chi connectivity index (χ3v) is 3.29. The second-order valence-electron chi connectivity index (χ2n) is 4.43. The summed E-state index contributed by atoms with van der Waals surface area (Å²) in [6.07, 6.45) is 2.49. The standard InChI is InChI=1S/C13H14ClN3/c14-10-2-1-3-11(6-10)17-12(8-15)7-13(16-17)9-4-5-9/h1-3,6-7,9H,4-5,8,15H2. The summed E-state index contributed by atoms with van der Waals surface area (Å²) in [5.74, 6) is 0.640. The van der Waals surface area contributed by atoms with Gasteiger partial charge in [0.1, 0.15) is 0 Å². The summed E-state index contributed by atoms with van der Waals surface area (Å²) in [5.41, 5.74) is 8.94. The second-order valence-corrected chi connectivity index (χ2v) is 4.87. The molecule has 1 heterocycles. The molecule has 1 aliphatic carbocycles. The zero-order chi connectivity index (χ0) is 11.8. The third-order valence-electron chi connectivity index (χ3n) is 3.06. The van der Waals surface area contributed by atoms with Gasteiger partial charge in [0.15, 0.2) is 0 Å². The van der Waals surface area contributed by atoms with E-state index in [1.807, 2.05) is 28.9 Å². The molecule has 0 spiro atoms. The van der Waals surface area contributed by atoms with Crippen LogP contribution in [0.5, 0.6) is 0 Å². The van der Waals surface area contributed by atoms with Gasteiger partial charge in [-0.15, -0.1) is 0 Å². The highest BCUT2D eigenvalue weighted by atomic mass is 35.5. The maximum absolute atomic E-state index is 6.00. The number of hydrogen-bond donors (Lipinski definition) is 1. The Morgan fingerprint density at radius 1 is 1.35 bits per heavy atom. The van der Waals surface area contributed by atoms with Crippen LogP contribution < -0.4 is 5.73 Å². The van der Waals surface area contributed by atoms with E-state index in [-0.39, 0.29) is 0 Å². The molecule has 88 valence electrons. The molecule has 0 atom stereocenters. The number of rotatable bonds is 3. The molecular weight excluding hydrogens is 234 g/mol. The van der Waals surface area contributed by atoms with Gasteiger partial charge in [0, 0.05) is 17.5 Å². The Labute approximate surface area is 105 Å². The lowest BCUT2D eigenvalue weighted by Gasteiger charge is -2.05. The van der Waals surface area contributed by atoms with Crippen molar-refractivity contribution in [2.24, 2.45) is 5.73 Å². The first-order valence-electron chi connectivity index (χ1n) is 5.83. The van der Waals surface area contributed by atoms with Gasteiger partial charge >= 0.3 is 0 Å². The summed E-state index contributed by atoms with van der Waals surface area (Å²) in [5, 5.41) is 5.35. The molecule has 3 nitrogen and oxygen atoms in total. The van der Waals surface area contributed by atoms with E-state index in [4.69, 9.17) is 17.3 Å². The maximum atomic E-state index is 6.00. The summed E-state index contributed by atoms with van der Waals surface area (Å²) < 4.78 is 1.90. The van der Waals surface area contributed by atoms with Crippen molar-refractivity contribution in [2.45, 2.75) is 25.3 Å². The zero-order valence-corrected chi connectivity index (χ0v) is 10.2. The number of halogens is 1. The van der Waals surface area contributed by atoms with Crippen molar-refractivity contribution in [1.29, 1.82) is 0 Å². The molecule has 0 unspecified atom stereocenters. The Balaban J connectivity index is 2.06. The van der Waals surface area contributed by atoms with Crippen molar-refractivity contribution in [3.8, 4) is 5.69 Å². The molecule has 1 fully saturated rings. The molecule has 0 aliphatic heterocycles. The molecule has 0 amide bonds. The number of nitrogens with two attached hydrogens (primary N) is 1. The van der Waals surface area contributed by atoms with Crippen LogP contribution in [0.4, 0.5) is 0 Å². The van der Waals surface area contributed by atoms with Gasteiger partial charge in [0.25, 0.3) is 0 Å². The van der Waals surface area contributed by atoms with Crippen LogP contribution in [0.2, 0.25) is 5.02 Å². The van der Waals surface area contributed by atoms with E-state index in [0.717, 1.165) is 17.1 Å². The molecule has 2 N–H and O–H groups in total. The molecule has 4 heteroatoms. The molecule has 0 saturated heterocycles. The van der Waals surface area contributed by atoms with Crippen LogP contribution in [0.3, 0.4) is 0 Å². The first-order chi connectivity index (χ1) is 8.28. The predicted molar refractivity (Wildman–Crippen MR) is 68.4 cm³/mol. The van der Waals surface area contributed by atoms with Gasteiger partial charge in [0.2, 0.25) is 0 Å². The van der Waals surface area contributed by atoms with Gasteiger partial charge in [-0.05, 0) is 37.1 Å². The van der Waals surface area contributed by atoms with Crippen LogP contribution >= 0.6 is 11.6 Å². The first-order valence-corrected chi connectivity index (χ1v) is 6.20. The second kappa shape index (κ2) is 4.17. The fraction of sp³-hybridized carbons (Fsp3) is 0.308. The molecule has 3 rings (SSSR count). The van der Waals surface area contributed by atoms with Gasteiger partial charge in [-0.1, -0.05) is 17.7 Å². The molecule has 0 bridgehead atoms. The van der Waals surface area contributed by atoms with Crippen LogP contribution in [0.15, 0.2) is 30.3 Å². The average Bonchev–Trinajstić information content (AvgIpc) is 3.09. The Hall–Kier alpha value is -1.32. The molecule has 1 aromatic heterocycles. The Kier molecular flexibility index (Phi) is 2.65. The maximum Gasteiger partial charge on any atom is 0.0664 e. The van der Waals surface area contributed by atoms with Crippen molar-refractivity contribution < 1.29 is 0 Å². The Morgan fingerprint density at radius 2 is 2.18 bits per heavy atom. The SMILES string of the molecule is NCc1cc(C2CC2)nn1-c1cccc(Cl)c1. The molecule has 0 radical (unpaired) electrons. The monoisotopic (exact) mass is 247 g/mol. The van der Waals surface area contributed by atoms with Crippen molar-refractivity contribution in [3.63, 3.8) is 0 Å². The minimum absolute atomic E-state index is 0.492. The fourth-order valence-electron chi connectivity index (χ4n) is 2.00. The Bertz CT molecular complexity index is 543. The average molecular weight is 248 g/mol.